The second-order valence-electron chi connectivity index (χ2n) is 6.21. The number of amides is 1. The molecule has 2 aromatic carbocycles. The van der Waals surface area contributed by atoms with E-state index in [4.69, 9.17) is 34.3 Å². The lowest BCUT2D eigenvalue weighted by Crippen LogP contribution is -2.17. The highest BCUT2D eigenvalue weighted by atomic mass is 35.5. The lowest BCUT2D eigenvalue weighted by molar-refractivity contribution is 0.0992. The van der Waals surface area contributed by atoms with Crippen molar-refractivity contribution in [3.63, 3.8) is 0 Å². The number of hydrogen-bond donors (Lipinski definition) is 3. The fourth-order valence-electron chi connectivity index (χ4n) is 2.66. The lowest BCUT2D eigenvalue weighted by Gasteiger charge is -2.11. The van der Waals surface area contributed by atoms with Gasteiger partial charge in [0.15, 0.2) is 5.78 Å². The van der Waals surface area contributed by atoms with Gasteiger partial charge in [-0.15, -0.1) is 0 Å². The number of hydrogen-bond acceptors (Lipinski definition) is 4. The van der Waals surface area contributed by atoms with Gasteiger partial charge in [0, 0.05) is 34.3 Å². The predicted molar refractivity (Wildman–Crippen MR) is 114 cm³/mol. The van der Waals surface area contributed by atoms with Gasteiger partial charge < -0.3 is 11.1 Å². The van der Waals surface area contributed by atoms with Crippen molar-refractivity contribution in [1.29, 1.82) is 5.41 Å². The molecule has 8 heteroatoms. The highest BCUT2D eigenvalue weighted by Gasteiger charge is 2.17. The number of nitrogens with zero attached hydrogens (tertiary/aromatic N) is 1. The molecule has 0 bridgehead atoms. The number of rotatable bonds is 6. The molecule has 0 aliphatic rings. The number of aromatic nitrogens is 1. The first-order valence-corrected chi connectivity index (χ1v) is 9.28. The van der Waals surface area contributed by atoms with Crippen LogP contribution in [0.5, 0.6) is 0 Å². The van der Waals surface area contributed by atoms with E-state index in [0.29, 0.717) is 32.6 Å². The van der Waals surface area contributed by atoms with E-state index in [1.807, 2.05) is 0 Å². The Balaban J connectivity index is 1.82. The van der Waals surface area contributed by atoms with Crippen molar-refractivity contribution < 1.29 is 9.59 Å². The van der Waals surface area contributed by atoms with Gasteiger partial charge in [-0.25, -0.2) is 4.98 Å². The Hall–Kier alpha value is -3.22. The number of nitrogens with two attached hydrogens (primary N) is 1. The molecule has 3 rings (SSSR count). The van der Waals surface area contributed by atoms with Gasteiger partial charge in [-0.05, 0) is 29.8 Å². The SMILES string of the molecule is N=C(N)c1ccc(C(=O)Cc2ccc(Cl)cc2C(=O)Nc2ccc(Cl)cn2)cc1. The fraction of sp³-hybridized carbons (Fsp3) is 0.0476. The topological polar surface area (TPSA) is 109 Å². The van der Waals surface area contributed by atoms with E-state index in [1.165, 1.54) is 12.3 Å². The summed E-state index contributed by atoms with van der Waals surface area (Å²) in [5.41, 5.74) is 7.23. The number of carbonyl (C=O) groups is 2. The third kappa shape index (κ3) is 5.19. The van der Waals surface area contributed by atoms with Crippen LogP contribution in [0.15, 0.2) is 60.8 Å². The second kappa shape index (κ2) is 8.86. The third-order valence-electron chi connectivity index (χ3n) is 4.15. The number of nitrogens with one attached hydrogen (secondary N) is 2. The molecule has 0 aliphatic heterocycles. The first-order valence-electron chi connectivity index (χ1n) is 8.52. The largest absolute Gasteiger partial charge is 0.384 e. The van der Waals surface area contributed by atoms with Crippen LogP contribution < -0.4 is 11.1 Å². The van der Waals surface area contributed by atoms with Gasteiger partial charge in [0.1, 0.15) is 11.7 Å². The van der Waals surface area contributed by atoms with Crippen molar-refractivity contribution in [1.82, 2.24) is 4.98 Å². The molecule has 29 heavy (non-hydrogen) atoms. The first kappa shape index (κ1) is 20.5. The van der Waals surface area contributed by atoms with Gasteiger partial charge in [-0.1, -0.05) is 53.5 Å². The molecule has 0 spiro atoms. The number of Topliss-reactive ketones (excluding diaryl/α,β-unsaturated/α-hetero) is 1. The molecule has 0 saturated heterocycles. The molecule has 0 aliphatic carbocycles. The van der Waals surface area contributed by atoms with Gasteiger partial charge in [-0.2, -0.15) is 0 Å². The second-order valence-corrected chi connectivity index (χ2v) is 7.08. The average Bonchev–Trinajstić information content (AvgIpc) is 2.71. The van der Waals surface area contributed by atoms with Crippen LogP contribution >= 0.6 is 23.2 Å². The quantitative estimate of drug-likeness (QED) is 0.309. The average molecular weight is 427 g/mol. The standard InChI is InChI=1S/C21H16Cl2N4O2/c22-15-6-5-14(9-18(28)12-1-3-13(4-2-12)20(24)25)17(10-15)21(29)27-19-8-7-16(23)11-26-19/h1-8,10-11H,9H2,(H3,24,25)(H,26,27,29). The number of ketones is 1. The number of nitrogen functional groups attached to an aromatic ring is 1. The van der Waals surface area contributed by atoms with E-state index >= 15 is 0 Å². The minimum Gasteiger partial charge on any atom is -0.384 e. The smallest absolute Gasteiger partial charge is 0.257 e. The minimum absolute atomic E-state index is 0.00733. The number of anilines is 1. The van der Waals surface area contributed by atoms with Gasteiger partial charge in [0.2, 0.25) is 0 Å². The Morgan fingerprint density at radius 2 is 1.62 bits per heavy atom. The van der Waals surface area contributed by atoms with Crippen LogP contribution in [0.1, 0.15) is 31.8 Å². The summed E-state index contributed by atoms with van der Waals surface area (Å²) in [6.07, 6.45) is 1.43. The fourth-order valence-corrected chi connectivity index (χ4v) is 2.94. The molecular weight excluding hydrogens is 411 g/mol. The number of halogens is 2. The van der Waals surface area contributed by atoms with Crippen molar-refractivity contribution in [3.05, 3.63) is 93.1 Å². The summed E-state index contributed by atoms with van der Waals surface area (Å²) >= 11 is 11.9. The molecule has 1 amide bonds. The Kier molecular flexibility index (Phi) is 6.26. The maximum absolute atomic E-state index is 12.7. The maximum Gasteiger partial charge on any atom is 0.257 e. The minimum atomic E-state index is -0.433. The molecule has 0 fully saturated rings. The molecule has 6 nitrogen and oxygen atoms in total. The zero-order valence-corrected chi connectivity index (χ0v) is 16.6. The van der Waals surface area contributed by atoms with Crippen molar-refractivity contribution >= 4 is 46.5 Å². The number of benzene rings is 2. The third-order valence-corrected chi connectivity index (χ3v) is 4.61. The number of amidine groups is 1. The van der Waals surface area contributed by atoms with Crippen molar-refractivity contribution in [2.45, 2.75) is 6.42 Å². The van der Waals surface area contributed by atoms with Crippen LogP contribution in [0.3, 0.4) is 0 Å². The number of carbonyl (C=O) groups excluding carboxylic acids is 2. The van der Waals surface area contributed by atoms with Crippen molar-refractivity contribution in [3.8, 4) is 0 Å². The zero-order valence-electron chi connectivity index (χ0n) is 15.1. The van der Waals surface area contributed by atoms with E-state index in [1.54, 1.807) is 48.5 Å². The monoisotopic (exact) mass is 426 g/mol. The van der Waals surface area contributed by atoms with Crippen LogP contribution in [0.4, 0.5) is 5.82 Å². The summed E-state index contributed by atoms with van der Waals surface area (Å²) in [6, 6.07) is 14.4. The molecule has 0 unspecified atom stereocenters. The molecule has 1 aromatic heterocycles. The van der Waals surface area contributed by atoms with Gasteiger partial charge in [-0.3, -0.25) is 15.0 Å². The Morgan fingerprint density at radius 3 is 2.24 bits per heavy atom. The lowest BCUT2D eigenvalue weighted by atomic mass is 9.97. The van der Waals surface area contributed by atoms with E-state index in [2.05, 4.69) is 10.3 Å². The number of pyridine rings is 1. The van der Waals surface area contributed by atoms with Crippen LogP contribution in [-0.2, 0) is 6.42 Å². The van der Waals surface area contributed by atoms with Crippen LogP contribution in [0.25, 0.3) is 0 Å². The molecule has 0 saturated carbocycles. The normalized spacial score (nSPS) is 10.4. The summed E-state index contributed by atoms with van der Waals surface area (Å²) < 4.78 is 0. The Morgan fingerprint density at radius 1 is 0.966 bits per heavy atom. The summed E-state index contributed by atoms with van der Waals surface area (Å²) in [5, 5.41) is 10.9. The molecule has 0 radical (unpaired) electrons. The van der Waals surface area contributed by atoms with E-state index in [-0.39, 0.29) is 23.6 Å². The summed E-state index contributed by atoms with van der Waals surface area (Å²) in [7, 11) is 0. The van der Waals surface area contributed by atoms with Gasteiger partial charge in [0.05, 0.1) is 5.02 Å². The summed E-state index contributed by atoms with van der Waals surface area (Å²) in [4.78, 5) is 29.4. The van der Waals surface area contributed by atoms with Crippen molar-refractivity contribution in [2.75, 3.05) is 5.32 Å². The van der Waals surface area contributed by atoms with Crippen LogP contribution in [0, 0.1) is 5.41 Å². The van der Waals surface area contributed by atoms with Crippen molar-refractivity contribution in [2.24, 2.45) is 5.73 Å². The Bertz CT molecular complexity index is 1080. The molecule has 4 N–H and O–H groups in total. The van der Waals surface area contributed by atoms with E-state index in [9.17, 15) is 9.59 Å². The first-order chi connectivity index (χ1) is 13.8. The zero-order chi connectivity index (χ0) is 21.0. The van der Waals surface area contributed by atoms with E-state index in [0.717, 1.165) is 0 Å². The summed E-state index contributed by atoms with van der Waals surface area (Å²) in [5.74, 6) is -0.355. The van der Waals surface area contributed by atoms with Gasteiger partial charge >= 0.3 is 0 Å². The van der Waals surface area contributed by atoms with Crippen LogP contribution in [-0.4, -0.2) is 22.5 Å². The molecule has 3 aromatic rings. The van der Waals surface area contributed by atoms with Gasteiger partial charge in [0.25, 0.3) is 5.91 Å². The highest BCUT2D eigenvalue weighted by molar-refractivity contribution is 6.31. The summed E-state index contributed by atoms with van der Waals surface area (Å²) in [6.45, 7) is 0. The molecular formula is C21H16Cl2N4O2. The van der Waals surface area contributed by atoms with Crippen LogP contribution in [0.2, 0.25) is 10.0 Å². The molecule has 0 atom stereocenters. The Labute approximate surface area is 177 Å². The van der Waals surface area contributed by atoms with E-state index < -0.39 is 5.91 Å². The highest BCUT2D eigenvalue weighted by Crippen LogP contribution is 2.20. The molecule has 1 heterocycles. The maximum atomic E-state index is 12.7. The predicted octanol–water partition coefficient (Wildman–Crippen LogP) is 4.35. The molecule has 146 valence electrons.